The van der Waals surface area contributed by atoms with Crippen molar-refractivity contribution in [1.29, 1.82) is 5.41 Å². The summed E-state index contributed by atoms with van der Waals surface area (Å²) in [5.74, 6) is -1.53. The second-order valence-corrected chi connectivity index (χ2v) is 11.3. The fraction of sp³-hybridized carbons (Fsp3) is 0.212. The van der Waals surface area contributed by atoms with Gasteiger partial charge in [-0.3, -0.25) is 10.3 Å². The van der Waals surface area contributed by atoms with E-state index in [4.69, 9.17) is 5.41 Å². The number of piperazine rings is 1. The maximum absolute atomic E-state index is 14.2. The zero-order chi connectivity index (χ0) is 32.3. The molecule has 1 aliphatic heterocycles. The van der Waals surface area contributed by atoms with Crippen LogP contribution in [0.25, 0.3) is 11.2 Å². The minimum atomic E-state index is -0.823. The molecule has 1 aliphatic rings. The summed E-state index contributed by atoms with van der Waals surface area (Å²) >= 11 is 0. The van der Waals surface area contributed by atoms with Gasteiger partial charge in [0.2, 0.25) is 0 Å². The lowest BCUT2D eigenvalue weighted by molar-refractivity contribution is 0.0910. The number of nitrogens with one attached hydrogen (secondary N) is 3. The SMILES string of the molecule is N=c1ncn(Cc2cn([C@H](c3ccccc3)[C@H](c3ccccc3)N3CCN(C(=O)Nc4ccc(F)cc4F)CC3)nn2)c2nc[nH]c12. The first-order valence-electron chi connectivity index (χ1n) is 15.1. The second-order valence-electron chi connectivity index (χ2n) is 11.3. The highest BCUT2D eigenvalue weighted by Crippen LogP contribution is 2.37. The zero-order valence-electron chi connectivity index (χ0n) is 25.2. The molecule has 1 saturated heterocycles. The molecule has 0 spiro atoms. The van der Waals surface area contributed by atoms with Gasteiger partial charge in [0.05, 0.1) is 43.2 Å². The fourth-order valence-electron chi connectivity index (χ4n) is 6.10. The van der Waals surface area contributed by atoms with Crippen molar-refractivity contribution in [3.05, 3.63) is 132 Å². The number of hydrogen-bond donors (Lipinski definition) is 3. The van der Waals surface area contributed by atoms with Crippen molar-refractivity contribution in [3.63, 3.8) is 0 Å². The Morgan fingerprint density at radius 2 is 1.62 bits per heavy atom. The van der Waals surface area contributed by atoms with Gasteiger partial charge in [0, 0.05) is 32.2 Å². The molecule has 0 radical (unpaired) electrons. The van der Waals surface area contributed by atoms with Gasteiger partial charge < -0.3 is 19.8 Å². The molecule has 47 heavy (non-hydrogen) atoms. The van der Waals surface area contributed by atoms with E-state index in [9.17, 15) is 13.6 Å². The number of urea groups is 1. The predicted molar refractivity (Wildman–Crippen MR) is 169 cm³/mol. The smallest absolute Gasteiger partial charge is 0.322 e. The maximum atomic E-state index is 14.2. The molecule has 0 aliphatic carbocycles. The standard InChI is InChI=1S/C33H31F2N11O/c34-24-11-12-27(26(35)17-24)40-33(47)44-15-13-43(14-16-44)29(22-7-3-1-4-8-22)30(23-9-5-2-6-10-23)46-19-25(41-42-46)18-45-21-39-31(36)28-32(45)38-20-37-28/h1-12,17,19-21,29-30,36H,13-16,18H2,(H,37,38)(H,40,47)/t29-,30+/m0/s1. The Morgan fingerprint density at radius 3 is 2.32 bits per heavy atom. The lowest BCUT2D eigenvalue weighted by Gasteiger charge is -2.42. The molecular formula is C33H31F2N11O. The zero-order valence-corrected chi connectivity index (χ0v) is 25.2. The van der Waals surface area contributed by atoms with Crippen molar-refractivity contribution in [2.24, 2.45) is 0 Å². The van der Waals surface area contributed by atoms with Gasteiger partial charge in [-0.25, -0.2) is 28.2 Å². The van der Waals surface area contributed by atoms with Crippen molar-refractivity contribution in [2.45, 2.75) is 18.6 Å². The summed E-state index contributed by atoms with van der Waals surface area (Å²) in [5.41, 5.74) is 4.00. The molecule has 1 fully saturated rings. The van der Waals surface area contributed by atoms with E-state index in [0.717, 1.165) is 23.3 Å². The summed E-state index contributed by atoms with van der Waals surface area (Å²) in [6, 6.07) is 22.5. The van der Waals surface area contributed by atoms with Crippen molar-refractivity contribution < 1.29 is 13.6 Å². The summed E-state index contributed by atoms with van der Waals surface area (Å²) < 4.78 is 31.3. The van der Waals surface area contributed by atoms with Crippen molar-refractivity contribution in [2.75, 3.05) is 31.5 Å². The highest BCUT2D eigenvalue weighted by molar-refractivity contribution is 5.89. The third-order valence-corrected chi connectivity index (χ3v) is 8.38. The Morgan fingerprint density at radius 1 is 0.915 bits per heavy atom. The van der Waals surface area contributed by atoms with Gasteiger partial charge >= 0.3 is 6.03 Å². The van der Waals surface area contributed by atoms with Gasteiger partial charge in [-0.05, 0) is 23.3 Å². The van der Waals surface area contributed by atoms with Crippen LogP contribution in [-0.2, 0) is 6.54 Å². The molecule has 0 saturated carbocycles. The van der Waals surface area contributed by atoms with Crippen LogP contribution in [0.5, 0.6) is 0 Å². The van der Waals surface area contributed by atoms with E-state index in [1.165, 1.54) is 12.4 Å². The molecular weight excluding hydrogens is 604 g/mol. The second kappa shape index (κ2) is 12.9. The number of nitrogens with zero attached hydrogens (tertiary/aromatic N) is 8. The van der Waals surface area contributed by atoms with Crippen molar-refractivity contribution in [1.82, 2.24) is 44.3 Å². The Labute approximate surface area is 267 Å². The Bertz CT molecular complexity index is 2050. The number of amides is 2. The van der Waals surface area contributed by atoms with Crippen LogP contribution >= 0.6 is 0 Å². The van der Waals surface area contributed by atoms with Gasteiger partial charge in [0.25, 0.3) is 0 Å². The van der Waals surface area contributed by atoms with Crippen LogP contribution in [0.2, 0.25) is 0 Å². The molecule has 2 amide bonds. The van der Waals surface area contributed by atoms with E-state index >= 15 is 0 Å². The molecule has 3 aromatic carbocycles. The van der Waals surface area contributed by atoms with E-state index in [1.54, 1.807) is 11.2 Å². The van der Waals surface area contributed by atoms with Crippen LogP contribution in [0.4, 0.5) is 19.3 Å². The number of carbonyl (C=O) groups is 1. The van der Waals surface area contributed by atoms with E-state index < -0.39 is 17.7 Å². The van der Waals surface area contributed by atoms with Gasteiger partial charge in [0.1, 0.15) is 22.8 Å². The number of rotatable bonds is 8. The van der Waals surface area contributed by atoms with Crippen LogP contribution < -0.4 is 10.8 Å². The van der Waals surface area contributed by atoms with Crippen LogP contribution in [-0.4, -0.2) is 76.5 Å². The number of carbonyl (C=O) groups excluding carboxylic acids is 1. The summed E-state index contributed by atoms with van der Waals surface area (Å²) in [6.07, 6.45) is 5.04. The Balaban J connectivity index is 1.17. The third kappa shape index (κ3) is 6.22. The summed E-state index contributed by atoms with van der Waals surface area (Å²) in [7, 11) is 0. The van der Waals surface area contributed by atoms with Gasteiger partial charge in [-0.1, -0.05) is 65.9 Å². The molecule has 7 rings (SSSR count). The minimum absolute atomic E-state index is 0.0651. The van der Waals surface area contributed by atoms with E-state index in [-0.39, 0.29) is 23.3 Å². The quantitative estimate of drug-likeness (QED) is 0.228. The van der Waals surface area contributed by atoms with E-state index in [2.05, 4.69) is 59.7 Å². The van der Waals surface area contributed by atoms with Gasteiger partial charge in [0.15, 0.2) is 11.1 Å². The number of hydrogen-bond acceptors (Lipinski definition) is 7. The van der Waals surface area contributed by atoms with Crippen LogP contribution in [0.3, 0.4) is 0 Å². The number of fused-ring (bicyclic) bond motifs is 1. The normalized spacial score (nSPS) is 15.1. The molecule has 14 heteroatoms. The third-order valence-electron chi connectivity index (χ3n) is 8.38. The summed E-state index contributed by atoms with van der Waals surface area (Å²) in [5, 5.41) is 19.8. The molecule has 12 nitrogen and oxygen atoms in total. The molecule has 0 unspecified atom stereocenters. The summed E-state index contributed by atoms with van der Waals surface area (Å²) in [4.78, 5) is 28.5. The molecule has 4 heterocycles. The minimum Gasteiger partial charge on any atom is -0.340 e. The predicted octanol–water partition coefficient (Wildman–Crippen LogP) is 4.34. The van der Waals surface area contributed by atoms with Crippen LogP contribution in [0, 0.1) is 17.0 Å². The van der Waals surface area contributed by atoms with Crippen molar-refractivity contribution in [3.8, 4) is 0 Å². The lowest BCUT2D eigenvalue weighted by Crippen LogP contribution is -2.52. The highest BCUT2D eigenvalue weighted by Gasteiger charge is 2.35. The first-order chi connectivity index (χ1) is 22.9. The Hall–Kier alpha value is -5.76. The molecule has 3 aromatic heterocycles. The topological polar surface area (TPSA) is 137 Å². The number of H-pyrrole nitrogens is 1. The number of imidazole rings is 1. The fourth-order valence-corrected chi connectivity index (χ4v) is 6.10. The number of benzene rings is 3. The largest absolute Gasteiger partial charge is 0.340 e. The average molecular weight is 636 g/mol. The molecule has 2 atom stereocenters. The van der Waals surface area contributed by atoms with E-state index in [0.29, 0.717) is 49.6 Å². The summed E-state index contributed by atoms with van der Waals surface area (Å²) in [6.45, 7) is 2.24. The highest BCUT2D eigenvalue weighted by atomic mass is 19.1. The Kier molecular flexibility index (Phi) is 8.23. The van der Waals surface area contributed by atoms with Crippen LogP contribution in [0.1, 0.15) is 28.9 Å². The van der Waals surface area contributed by atoms with Gasteiger partial charge in [-0.2, -0.15) is 0 Å². The number of aromatic amines is 1. The number of halogens is 2. The molecule has 0 bridgehead atoms. The molecule has 3 N–H and O–H groups in total. The first-order valence-corrected chi connectivity index (χ1v) is 15.1. The van der Waals surface area contributed by atoms with Gasteiger partial charge in [-0.15, -0.1) is 5.10 Å². The average Bonchev–Trinajstić information content (AvgIpc) is 3.78. The maximum Gasteiger partial charge on any atom is 0.322 e. The lowest BCUT2D eigenvalue weighted by atomic mass is 9.91. The monoisotopic (exact) mass is 635 g/mol. The molecule has 238 valence electrons. The number of anilines is 1. The van der Waals surface area contributed by atoms with Crippen molar-refractivity contribution >= 4 is 22.9 Å². The van der Waals surface area contributed by atoms with Crippen LogP contribution in [0.15, 0.2) is 97.7 Å². The molecule has 6 aromatic rings. The first kappa shape index (κ1) is 29.9. The number of aromatic nitrogens is 7. The van der Waals surface area contributed by atoms with E-state index in [1.807, 2.05) is 51.8 Å².